The lowest BCUT2D eigenvalue weighted by Gasteiger charge is -2.19. The third kappa shape index (κ3) is 5.33. The number of hydrogen-bond acceptors (Lipinski definition) is 5. The molecule has 1 N–H and O–H groups in total. The number of methoxy groups -OCH3 is 1. The molecule has 0 unspecified atom stereocenters. The van der Waals surface area contributed by atoms with Gasteiger partial charge in [0.25, 0.3) is 0 Å². The average molecular weight is 405 g/mol. The predicted octanol–water partition coefficient (Wildman–Crippen LogP) is 2.36. The fraction of sp³-hybridized carbons (Fsp3) is 0.357. The lowest BCUT2D eigenvalue weighted by atomic mass is 10.1. The van der Waals surface area contributed by atoms with Crippen molar-refractivity contribution in [2.45, 2.75) is 26.4 Å². The second kappa shape index (κ2) is 6.88. The Hall–Kier alpha value is -1.64. The molecule has 0 fully saturated rings. The van der Waals surface area contributed by atoms with E-state index in [0.717, 1.165) is 3.57 Å². The highest BCUT2D eigenvalue weighted by molar-refractivity contribution is 14.1. The molecule has 1 aromatic carbocycles. The smallest absolute Gasteiger partial charge is 0.397 e. The van der Waals surface area contributed by atoms with Crippen molar-refractivity contribution in [2.75, 3.05) is 12.4 Å². The van der Waals surface area contributed by atoms with Crippen LogP contribution in [0.15, 0.2) is 18.2 Å². The summed E-state index contributed by atoms with van der Waals surface area (Å²) in [7, 11) is 1.24. The van der Waals surface area contributed by atoms with E-state index < -0.39 is 23.4 Å². The Bertz CT molecular complexity index is 577. The third-order valence-electron chi connectivity index (χ3n) is 2.22. The van der Waals surface area contributed by atoms with Crippen molar-refractivity contribution in [3.8, 4) is 0 Å². The van der Waals surface area contributed by atoms with Gasteiger partial charge in [-0.05, 0) is 61.6 Å². The zero-order valence-electron chi connectivity index (χ0n) is 12.2. The van der Waals surface area contributed by atoms with Gasteiger partial charge in [0.2, 0.25) is 0 Å². The van der Waals surface area contributed by atoms with Gasteiger partial charge in [-0.15, -0.1) is 0 Å². The minimum Gasteiger partial charge on any atom is -0.465 e. The molecule has 1 aromatic rings. The molecule has 114 valence electrons. The average Bonchev–Trinajstić information content (AvgIpc) is 2.37. The first-order chi connectivity index (χ1) is 9.64. The zero-order chi connectivity index (χ0) is 16.2. The first-order valence-corrected chi connectivity index (χ1v) is 7.14. The van der Waals surface area contributed by atoms with Crippen molar-refractivity contribution in [1.29, 1.82) is 0 Å². The van der Waals surface area contributed by atoms with E-state index >= 15 is 0 Å². The maximum atomic E-state index is 11.8. The van der Waals surface area contributed by atoms with Crippen LogP contribution < -0.4 is 5.32 Å². The van der Waals surface area contributed by atoms with Gasteiger partial charge in [0.05, 0.1) is 18.4 Å². The molecule has 0 aromatic heterocycles. The molecule has 1 amide bonds. The molecule has 0 radical (unpaired) electrons. The standard InChI is InChI=1S/C14H16INO5/c1-14(2,3)21-13(19)11(17)16-10-6-5-8(15)7-9(10)12(18)20-4/h5-7H,1-4H3,(H,16,17). The van der Waals surface area contributed by atoms with E-state index in [-0.39, 0.29) is 11.3 Å². The Kier molecular flexibility index (Phi) is 5.70. The first-order valence-electron chi connectivity index (χ1n) is 6.06. The normalized spacial score (nSPS) is 10.7. The van der Waals surface area contributed by atoms with E-state index in [1.165, 1.54) is 13.2 Å². The number of nitrogens with one attached hydrogen (secondary N) is 1. The van der Waals surface area contributed by atoms with Crippen LogP contribution >= 0.6 is 22.6 Å². The number of benzene rings is 1. The molecule has 0 aliphatic heterocycles. The predicted molar refractivity (Wildman–Crippen MR) is 85.0 cm³/mol. The molecule has 0 aliphatic rings. The van der Waals surface area contributed by atoms with Crippen LogP contribution in [0.2, 0.25) is 0 Å². The lowest BCUT2D eigenvalue weighted by Crippen LogP contribution is -2.33. The number of halogens is 1. The topological polar surface area (TPSA) is 81.7 Å². The summed E-state index contributed by atoms with van der Waals surface area (Å²) in [6, 6.07) is 4.77. The number of rotatable bonds is 2. The number of hydrogen-bond donors (Lipinski definition) is 1. The minimum absolute atomic E-state index is 0.168. The second-order valence-electron chi connectivity index (χ2n) is 5.14. The van der Waals surface area contributed by atoms with E-state index in [4.69, 9.17) is 4.74 Å². The second-order valence-corrected chi connectivity index (χ2v) is 6.38. The molecule has 21 heavy (non-hydrogen) atoms. The van der Waals surface area contributed by atoms with E-state index in [0.29, 0.717) is 0 Å². The molecule has 0 spiro atoms. The summed E-state index contributed by atoms with van der Waals surface area (Å²) in [5.74, 6) is -2.57. The molecule has 1 rings (SSSR count). The van der Waals surface area contributed by atoms with Crippen molar-refractivity contribution in [1.82, 2.24) is 0 Å². The zero-order valence-corrected chi connectivity index (χ0v) is 14.3. The Labute approximate surface area is 136 Å². The Morgan fingerprint density at radius 2 is 1.81 bits per heavy atom. The molecule has 0 saturated heterocycles. The molecular formula is C14H16INO5. The summed E-state index contributed by atoms with van der Waals surface area (Å²) in [5, 5.41) is 2.36. The van der Waals surface area contributed by atoms with Gasteiger partial charge >= 0.3 is 17.8 Å². The van der Waals surface area contributed by atoms with Crippen LogP contribution in [-0.4, -0.2) is 30.6 Å². The van der Waals surface area contributed by atoms with Crippen molar-refractivity contribution in [3.05, 3.63) is 27.3 Å². The van der Waals surface area contributed by atoms with Crippen molar-refractivity contribution >= 4 is 46.1 Å². The molecule has 6 nitrogen and oxygen atoms in total. The van der Waals surface area contributed by atoms with Gasteiger partial charge in [-0.3, -0.25) is 4.79 Å². The fourth-order valence-electron chi connectivity index (χ4n) is 1.40. The summed E-state index contributed by atoms with van der Waals surface area (Å²) < 4.78 is 10.4. The van der Waals surface area contributed by atoms with Gasteiger partial charge in [0.15, 0.2) is 0 Å². The van der Waals surface area contributed by atoms with Gasteiger partial charge in [0, 0.05) is 3.57 Å². The molecule has 0 heterocycles. The van der Waals surface area contributed by atoms with Crippen LogP contribution in [0.25, 0.3) is 0 Å². The SMILES string of the molecule is COC(=O)c1cc(I)ccc1NC(=O)C(=O)OC(C)(C)C. The molecule has 0 saturated carbocycles. The quantitative estimate of drug-likeness (QED) is 0.464. The van der Waals surface area contributed by atoms with Gasteiger partial charge < -0.3 is 14.8 Å². The Morgan fingerprint density at radius 3 is 2.33 bits per heavy atom. The molecule has 0 bridgehead atoms. The Balaban J connectivity index is 2.95. The van der Waals surface area contributed by atoms with Crippen LogP contribution in [0.5, 0.6) is 0 Å². The number of carbonyl (C=O) groups excluding carboxylic acids is 3. The summed E-state index contributed by atoms with van der Waals surface area (Å²) in [6.07, 6.45) is 0. The molecular weight excluding hydrogens is 389 g/mol. The first kappa shape index (κ1) is 17.4. The minimum atomic E-state index is -1.02. The van der Waals surface area contributed by atoms with Crippen LogP contribution in [0.4, 0.5) is 5.69 Å². The highest BCUT2D eigenvalue weighted by Gasteiger charge is 2.24. The number of ether oxygens (including phenoxy) is 2. The lowest BCUT2D eigenvalue weighted by molar-refractivity contribution is -0.161. The van der Waals surface area contributed by atoms with E-state index in [9.17, 15) is 14.4 Å². The number of amides is 1. The van der Waals surface area contributed by atoms with E-state index in [1.54, 1.807) is 32.9 Å². The molecule has 7 heteroatoms. The monoisotopic (exact) mass is 405 g/mol. The molecule has 0 aliphatic carbocycles. The fourth-order valence-corrected chi connectivity index (χ4v) is 1.89. The summed E-state index contributed by atoms with van der Waals surface area (Å²) in [6.45, 7) is 4.97. The van der Waals surface area contributed by atoms with Gasteiger partial charge in [-0.1, -0.05) is 0 Å². The van der Waals surface area contributed by atoms with Gasteiger partial charge in [-0.2, -0.15) is 0 Å². The Morgan fingerprint density at radius 1 is 1.19 bits per heavy atom. The van der Waals surface area contributed by atoms with Gasteiger partial charge in [0.1, 0.15) is 5.60 Å². The number of anilines is 1. The van der Waals surface area contributed by atoms with Crippen LogP contribution in [0.3, 0.4) is 0 Å². The number of carbonyl (C=O) groups is 3. The summed E-state index contributed by atoms with van der Waals surface area (Å²) >= 11 is 2.02. The van der Waals surface area contributed by atoms with E-state index in [2.05, 4.69) is 10.1 Å². The van der Waals surface area contributed by atoms with Crippen LogP contribution in [0.1, 0.15) is 31.1 Å². The van der Waals surface area contributed by atoms with Crippen molar-refractivity contribution in [2.24, 2.45) is 0 Å². The number of esters is 2. The third-order valence-corrected chi connectivity index (χ3v) is 2.89. The maximum Gasteiger partial charge on any atom is 0.397 e. The van der Waals surface area contributed by atoms with Gasteiger partial charge in [-0.25, -0.2) is 9.59 Å². The summed E-state index contributed by atoms with van der Waals surface area (Å²) in [4.78, 5) is 35.1. The largest absolute Gasteiger partial charge is 0.465 e. The molecule has 0 atom stereocenters. The van der Waals surface area contributed by atoms with Crippen molar-refractivity contribution in [3.63, 3.8) is 0 Å². The van der Waals surface area contributed by atoms with Crippen molar-refractivity contribution < 1.29 is 23.9 Å². The van der Waals surface area contributed by atoms with Crippen LogP contribution in [0, 0.1) is 3.57 Å². The maximum absolute atomic E-state index is 11.8. The van der Waals surface area contributed by atoms with Crippen LogP contribution in [-0.2, 0) is 19.1 Å². The highest BCUT2D eigenvalue weighted by atomic mass is 127. The highest BCUT2D eigenvalue weighted by Crippen LogP contribution is 2.20. The summed E-state index contributed by atoms with van der Waals surface area (Å²) in [5.41, 5.74) is -0.412. The van der Waals surface area contributed by atoms with E-state index in [1.807, 2.05) is 22.6 Å².